The van der Waals surface area contributed by atoms with E-state index < -0.39 is 4.92 Å². The van der Waals surface area contributed by atoms with Gasteiger partial charge in [-0.25, -0.2) is 0 Å². The predicted octanol–water partition coefficient (Wildman–Crippen LogP) is 1.67. The first-order valence-electron chi connectivity index (χ1n) is 6.39. The lowest BCUT2D eigenvalue weighted by molar-refractivity contribution is -0.384. The van der Waals surface area contributed by atoms with Gasteiger partial charge in [0.2, 0.25) is 5.91 Å². The Bertz CT molecular complexity index is 528. The highest BCUT2D eigenvalue weighted by molar-refractivity contribution is 5.92. The van der Waals surface area contributed by atoms with Crippen LogP contribution in [0.1, 0.15) is 19.3 Å². The topological polar surface area (TPSA) is 107 Å². The molecule has 1 fully saturated rings. The minimum atomic E-state index is -0.517. The Hall–Kier alpha value is -2.15. The van der Waals surface area contributed by atoms with E-state index in [1.165, 1.54) is 25.3 Å². The Kier molecular flexibility index (Phi) is 4.19. The predicted molar refractivity (Wildman–Crippen MR) is 73.6 cm³/mol. The molecule has 0 spiro atoms. The van der Waals surface area contributed by atoms with E-state index in [4.69, 9.17) is 10.5 Å². The van der Waals surface area contributed by atoms with Crippen LogP contribution in [0.2, 0.25) is 0 Å². The second kappa shape index (κ2) is 5.87. The van der Waals surface area contributed by atoms with E-state index in [0.29, 0.717) is 11.6 Å². The van der Waals surface area contributed by atoms with Crippen molar-refractivity contribution in [3.8, 4) is 5.75 Å². The van der Waals surface area contributed by atoms with Gasteiger partial charge in [-0.2, -0.15) is 0 Å². The maximum atomic E-state index is 11.9. The fraction of sp³-hybridized carbons (Fsp3) is 0.462. The number of ether oxygens (including phenoxy) is 1. The molecule has 1 amide bonds. The summed E-state index contributed by atoms with van der Waals surface area (Å²) in [5.74, 6) is 0.489. The van der Waals surface area contributed by atoms with E-state index in [0.717, 1.165) is 12.8 Å². The number of carbonyl (C=O) groups is 1. The molecule has 1 unspecified atom stereocenters. The lowest BCUT2D eigenvalue weighted by Gasteiger charge is -2.12. The second-order valence-electron chi connectivity index (χ2n) is 4.90. The molecule has 7 nitrogen and oxygen atoms in total. The lowest BCUT2D eigenvalue weighted by atomic mass is 10.1. The number of anilines is 1. The Balaban J connectivity index is 2.04. The quantitative estimate of drug-likeness (QED) is 0.608. The van der Waals surface area contributed by atoms with Crippen LogP contribution in [0, 0.1) is 16.0 Å². The molecule has 0 bridgehead atoms. The molecular formula is C13H17N3O4. The minimum Gasteiger partial charge on any atom is -0.494 e. The van der Waals surface area contributed by atoms with E-state index in [2.05, 4.69) is 5.32 Å². The summed E-state index contributed by atoms with van der Waals surface area (Å²) in [6.45, 7) is 0. The van der Waals surface area contributed by atoms with Crippen molar-refractivity contribution in [1.29, 1.82) is 0 Å². The van der Waals surface area contributed by atoms with Gasteiger partial charge in [0.25, 0.3) is 5.69 Å². The van der Waals surface area contributed by atoms with Crippen molar-refractivity contribution in [3.63, 3.8) is 0 Å². The van der Waals surface area contributed by atoms with Gasteiger partial charge < -0.3 is 15.8 Å². The number of hydrogen-bond donors (Lipinski definition) is 2. The molecule has 0 heterocycles. The summed E-state index contributed by atoms with van der Waals surface area (Å²) in [7, 11) is 1.39. The van der Waals surface area contributed by atoms with Crippen LogP contribution in [0.5, 0.6) is 5.75 Å². The van der Waals surface area contributed by atoms with Gasteiger partial charge in [-0.3, -0.25) is 14.9 Å². The molecule has 0 aliphatic heterocycles. The lowest BCUT2D eigenvalue weighted by Crippen LogP contribution is -2.28. The molecule has 2 rings (SSSR count). The van der Waals surface area contributed by atoms with Crippen molar-refractivity contribution in [2.75, 3.05) is 12.4 Å². The van der Waals surface area contributed by atoms with Crippen LogP contribution < -0.4 is 15.8 Å². The third-order valence-electron chi connectivity index (χ3n) is 3.32. The first-order valence-corrected chi connectivity index (χ1v) is 6.39. The van der Waals surface area contributed by atoms with Crippen molar-refractivity contribution in [2.45, 2.75) is 25.3 Å². The number of amides is 1. The van der Waals surface area contributed by atoms with E-state index in [1.54, 1.807) is 0 Å². The maximum Gasteiger partial charge on any atom is 0.273 e. The zero-order chi connectivity index (χ0) is 14.7. The number of methoxy groups -OCH3 is 1. The van der Waals surface area contributed by atoms with Crippen LogP contribution in [0.3, 0.4) is 0 Å². The van der Waals surface area contributed by atoms with E-state index in [1.807, 2.05) is 0 Å². The summed E-state index contributed by atoms with van der Waals surface area (Å²) >= 11 is 0. The minimum absolute atomic E-state index is 0.0884. The first kappa shape index (κ1) is 14.3. The number of nitrogens with zero attached hydrogens (tertiary/aromatic N) is 1. The molecule has 108 valence electrons. The molecule has 1 aliphatic carbocycles. The van der Waals surface area contributed by atoms with Crippen LogP contribution in [-0.2, 0) is 4.79 Å². The number of nitro groups is 1. The summed E-state index contributed by atoms with van der Waals surface area (Å²) in [6, 6.07) is 3.92. The molecule has 7 heteroatoms. The van der Waals surface area contributed by atoms with Gasteiger partial charge in [-0.15, -0.1) is 0 Å². The van der Waals surface area contributed by atoms with E-state index in [9.17, 15) is 14.9 Å². The fourth-order valence-electron chi connectivity index (χ4n) is 2.00. The third-order valence-corrected chi connectivity index (χ3v) is 3.32. The Labute approximate surface area is 116 Å². The average molecular weight is 279 g/mol. The smallest absolute Gasteiger partial charge is 0.273 e. The number of carbonyl (C=O) groups excluding carboxylic acids is 1. The van der Waals surface area contributed by atoms with Crippen LogP contribution in [0.15, 0.2) is 18.2 Å². The summed E-state index contributed by atoms with van der Waals surface area (Å²) in [5, 5.41) is 13.4. The standard InChI is InChI=1S/C13H17N3O4/c1-20-12-6-9(16(18)19)4-5-11(12)15-13(17)7-10(14)8-2-3-8/h4-6,8,10H,2-3,7,14H2,1H3,(H,15,17). The highest BCUT2D eigenvalue weighted by atomic mass is 16.6. The number of non-ortho nitro benzene ring substituents is 1. The zero-order valence-electron chi connectivity index (χ0n) is 11.2. The number of hydrogen-bond acceptors (Lipinski definition) is 5. The molecule has 1 atom stereocenters. The van der Waals surface area contributed by atoms with Gasteiger partial charge in [-0.05, 0) is 24.8 Å². The molecule has 0 aromatic heterocycles. The fourth-order valence-corrected chi connectivity index (χ4v) is 2.00. The van der Waals surface area contributed by atoms with Gasteiger partial charge in [0.1, 0.15) is 5.75 Å². The van der Waals surface area contributed by atoms with Crippen LogP contribution in [0.4, 0.5) is 11.4 Å². The van der Waals surface area contributed by atoms with Gasteiger partial charge in [-0.1, -0.05) is 0 Å². The summed E-state index contributed by atoms with van der Waals surface area (Å²) in [6.07, 6.45) is 2.40. The maximum absolute atomic E-state index is 11.9. The molecule has 1 aromatic rings. The summed E-state index contributed by atoms with van der Waals surface area (Å²) < 4.78 is 5.05. The molecule has 1 saturated carbocycles. The number of nitrogens with one attached hydrogen (secondary N) is 1. The highest BCUT2D eigenvalue weighted by Gasteiger charge is 2.30. The van der Waals surface area contributed by atoms with E-state index in [-0.39, 0.29) is 29.8 Å². The van der Waals surface area contributed by atoms with Gasteiger partial charge in [0.15, 0.2) is 0 Å². The number of nitro benzene ring substituents is 1. The van der Waals surface area contributed by atoms with Crippen molar-refractivity contribution >= 4 is 17.3 Å². The van der Waals surface area contributed by atoms with Crippen LogP contribution >= 0.6 is 0 Å². The molecule has 0 saturated heterocycles. The Morgan fingerprint density at radius 3 is 2.85 bits per heavy atom. The van der Waals surface area contributed by atoms with Crippen molar-refractivity contribution in [1.82, 2.24) is 0 Å². The molecule has 20 heavy (non-hydrogen) atoms. The second-order valence-corrected chi connectivity index (χ2v) is 4.90. The third kappa shape index (κ3) is 3.45. The first-order chi connectivity index (χ1) is 9.51. The van der Waals surface area contributed by atoms with Crippen LogP contribution in [0.25, 0.3) is 0 Å². The van der Waals surface area contributed by atoms with Crippen molar-refractivity contribution in [3.05, 3.63) is 28.3 Å². The van der Waals surface area contributed by atoms with Gasteiger partial charge in [0, 0.05) is 18.5 Å². The monoisotopic (exact) mass is 279 g/mol. The molecule has 1 aromatic carbocycles. The van der Waals surface area contributed by atoms with Gasteiger partial charge in [0.05, 0.1) is 23.8 Å². The molecule has 1 aliphatic rings. The summed E-state index contributed by atoms with van der Waals surface area (Å²) in [5.41, 5.74) is 6.21. The Morgan fingerprint density at radius 2 is 2.30 bits per heavy atom. The zero-order valence-corrected chi connectivity index (χ0v) is 11.2. The summed E-state index contributed by atoms with van der Waals surface area (Å²) in [4.78, 5) is 22.0. The van der Waals surface area contributed by atoms with E-state index >= 15 is 0 Å². The van der Waals surface area contributed by atoms with Crippen LogP contribution in [-0.4, -0.2) is 24.0 Å². The SMILES string of the molecule is COc1cc([N+](=O)[O-])ccc1NC(=O)CC(N)C1CC1. The number of nitrogens with two attached hydrogens (primary N) is 1. The molecule has 3 N–H and O–H groups in total. The van der Waals surface area contributed by atoms with Gasteiger partial charge >= 0.3 is 0 Å². The van der Waals surface area contributed by atoms with Crippen molar-refractivity contribution in [2.24, 2.45) is 11.7 Å². The highest BCUT2D eigenvalue weighted by Crippen LogP contribution is 2.33. The molecule has 0 radical (unpaired) electrons. The number of benzene rings is 1. The normalized spacial score (nSPS) is 15.5. The largest absolute Gasteiger partial charge is 0.494 e. The van der Waals surface area contributed by atoms with Crippen molar-refractivity contribution < 1.29 is 14.5 Å². The Morgan fingerprint density at radius 1 is 1.60 bits per heavy atom. The average Bonchev–Trinajstić information content (AvgIpc) is 3.22. The number of rotatable bonds is 6. The molecular weight excluding hydrogens is 262 g/mol.